The van der Waals surface area contributed by atoms with Crippen LogP contribution in [0.3, 0.4) is 0 Å². The summed E-state index contributed by atoms with van der Waals surface area (Å²) < 4.78 is 5.56. The van der Waals surface area contributed by atoms with Gasteiger partial charge >= 0.3 is 5.69 Å². The number of hydrogen-bond donors (Lipinski definition) is 1. The molecule has 2 amide bonds. The Labute approximate surface area is 209 Å². The number of thioether (sulfide) groups is 1. The van der Waals surface area contributed by atoms with Crippen molar-refractivity contribution in [1.29, 1.82) is 0 Å². The molecule has 1 heterocycles. The van der Waals surface area contributed by atoms with Gasteiger partial charge in [0, 0.05) is 11.6 Å². The first kappa shape index (κ1) is 24.3. The maximum atomic E-state index is 12.9. The minimum absolute atomic E-state index is 0.00654. The van der Waals surface area contributed by atoms with E-state index in [1.54, 1.807) is 30.3 Å². The quantitative estimate of drug-likeness (QED) is 0.236. The smallest absolute Gasteiger partial charge is 0.311 e. The second-order valence-corrected chi connectivity index (χ2v) is 8.98. The Hall–Kier alpha value is -3.82. The molecule has 0 unspecified atom stereocenters. The van der Waals surface area contributed by atoms with Crippen LogP contribution < -0.4 is 4.74 Å². The third-order valence-electron chi connectivity index (χ3n) is 5.20. The molecule has 10 heteroatoms. The normalized spacial score (nSPS) is 14.5. The first-order valence-electron chi connectivity index (χ1n) is 10.5. The topological polar surface area (TPSA) is 110 Å². The summed E-state index contributed by atoms with van der Waals surface area (Å²) in [7, 11) is 0. The molecule has 3 aromatic rings. The number of carbonyl (C=O) groups excluding carboxylic acids is 2. The predicted octanol–water partition coefficient (Wildman–Crippen LogP) is 5.66. The number of phenolic OH excluding ortho intramolecular Hbond substituents is 1. The number of phenols is 1. The summed E-state index contributed by atoms with van der Waals surface area (Å²) in [5.74, 6) is -0.705. The van der Waals surface area contributed by atoms with E-state index in [0.29, 0.717) is 34.5 Å². The summed E-state index contributed by atoms with van der Waals surface area (Å²) in [6.45, 7) is 0.0335. The van der Waals surface area contributed by atoms with Crippen molar-refractivity contribution in [3.63, 3.8) is 0 Å². The molecule has 0 aliphatic carbocycles. The molecule has 1 aliphatic heterocycles. The number of amides is 2. The molecular formula is C25H19ClN2O6S. The molecule has 35 heavy (non-hydrogen) atoms. The molecule has 0 spiro atoms. The molecule has 0 atom stereocenters. The number of carbonyl (C=O) groups is 2. The molecule has 8 nitrogen and oxygen atoms in total. The fraction of sp³-hybridized carbons (Fsp3) is 0.120. The third-order valence-corrected chi connectivity index (χ3v) is 6.42. The van der Waals surface area contributed by atoms with Crippen LogP contribution in [0.5, 0.6) is 11.5 Å². The standard InChI is InChI=1S/C25H19ClN2O6S/c26-19-8-4-5-9-21(19)34-11-10-27-24(30)22(35-25(27)31)15-18-13-17(12-16-6-2-1-3-7-16)14-20(23(18)29)28(32)33/h1-9,13-15,29H,10-12H2/b22-15-. The van der Waals surface area contributed by atoms with Gasteiger partial charge in [0.15, 0.2) is 0 Å². The summed E-state index contributed by atoms with van der Waals surface area (Å²) in [5.41, 5.74) is 1.12. The van der Waals surface area contributed by atoms with Crippen LogP contribution in [0.1, 0.15) is 16.7 Å². The number of imide groups is 1. The van der Waals surface area contributed by atoms with Crippen LogP contribution in [-0.2, 0) is 11.2 Å². The number of nitro groups is 1. The van der Waals surface area contributed by atoms with Crippen molar-refractivity contribution in [2.45, 2.75) is 6.42 Å². The van der Waals surface area contributed by atoms with Crippen molar-refractivity contribution in [3.8, 4) is 11.5 Å². The molecule has 0 saturated carbocycles. The second-order valence-electron chi connectivity index (χ2n) is 7.58. The number of rotatable bonds is 8. The van der Waals surface area contributed by atoms with Gasteiger partial charge in [0.05, 0.1) is 21.4 Å². The van der Waals surface area contributed by atoms with Crippen LogP contribution in [-0.4, -0.2) is 39.2 Å². The Morgan fingerprint density at radius 2 is 1.77 bits per heavy atom. The van der Waals surface area contributed by atoms with E-state index in [1.807, 2.05) is 30.3 Å². The molecule has 1 N–H and O–H groups in total. The Morgan fingerprint density at radius 1 is 1.06 bits per heavy atom. The molecular weight excluding hydrogens is 492 g/mol. The number of nitro benzene ring substituents is 1. The highest BCUT2D eigenvalue weighted by molar-refractivity contribution is 8.18. The lowest BCUT2D eigenvalue weighted by molar-refractivity contribution is -0.385. The van der Waals surface area contributed by atoms with Crippen molar-refractivity contribution in [3.05, 3.63) is 103 Å². The summed E-state index contributed by atoms with van der Waals surface area (Å²) in [6.07, 6.45) is 1.69. The molecule has 0 aromatic heterocycles. The zero-order valence-electron chi connectivity index (χ0n) is 18.2. The minimum atomic E-state index is -0.682. The van der Waals surface area contributed by atoms with E-state index in [9.17, 15) is 24.8 Å². The third kappa shape index (κ3) is 5.64. The monoisotopic (exact) mass is 510 g/mol. The molecule has 178 valence electrons. The summed E-state index contributed by atoms with van der Waals surface area (Å²) >= 11 is 6.74. The van der Waals surface area contributed by atoms with Gasteiger partial charge in [0.2, 0.25) is 5.75 Å². The van der Waals surface area contributed by atoms with Crippen LogP contribution in [0.25, 0.3) is 6.08 Å². The van der Waals surface area contributed by atoms with E-state index in [4.69, 9.17) is 16.3 Å². The van der Waals surface area contributed by atoms with Gasteiger partial charge in [-0.1, -0.05) is 54.1 Å². The summed E-state index contributed by atoms with van der Waals surface area (Å²) in [4.78, 5) is 37.2. The van der Waals surface area contributed by atoms with Gasteiger partial charge in [-0.3, -0.25) is 24.6 Å². The molecule has 0 radical (unpaired) electrons. The number of nitrogens with zero attached hydrogens (tertiary/aromatic N) is 2. The van der Waals surface area contributed by atoms with Crippen LogP contribution >= 0.6 is 23.4 Å². The number of halogens is 1. The highest BCUT2D eigenvalue weighted by atomic mass is 35.5. The van der Waals surface area contributed by atoms with E-state index in [2.05, 4.69) is 0 Å². The zero-order chi connectivity index (χ0) is 24.9. The van der Waals surface area contributed by atoms with Gasteiger partial charge < -0.3 is 9.84 Å². The van der Waals surface area contributed by atoms with Crippen molar-refractivity contribution in [2.24, 2.45) is 0 Å². The average molecular weight is 511 g/mol. The predicted molar refractivity (Wildman–Crippen MR) is 134 cm³/mol. The highest BCUT2D eigenvalue weighted by Gasteiger charge is 2.35. The summed E-state index contributed by atoms with van der Waals surface area (Å²) in [5, 5.41) is 21.9. The van der Waals surface area contributed by atoms with E-state index in [0.717, 1.165) is 10.5 Å². The van der Waals surface area contributed by atoms with Crippen molar-refractivity contribution < 1.29 is 24.4 Å². The Balaban J connectivity index is 1.55. The first-order chi connectivity index (χ1) is 16.8. The van der Waals surface area contributed by atoms with Crippen LogP contribution in [0, 0.1) is 10.1 Å². The number of benzene rings is 3. The maximum absolute atomic E-state index is 12.9. The second kappa shape index (κ2) is 10.6. The number of ether oxygens (including phenoxy) is 1. The Bertz CT molecular complexity index is 1330. The van der Waals surface area contributed by atoms with Crippen LogP contribution in [0.2, 0.25) is 5.02 Å². The number of aromatic hydroxyl groups is 1. The summed E-state index contributed by atoms with van der Waals surface area (Å²) in [6, 6.07) is 19.1. The van der Waals surface area contributed by atoms with E-state index < -0.39 is 27.5 Å². The lowest BCUT2D eigenvalue weighted by atomic mass is 10.0. The van der Waals surface area contributed by atoms with Crippen LogP contribution in [0.15, 0.2) is 71.6 Å². The van der Waals surface area contributed by atoms with E-state index in [-0.39, 0.29) is 23.6 Å². The number of para-hydroxylation sites is 1. The SMILES string of the molecule is O=C1S/C(=C\c2cc(Cc3ccccc3)cc([N+](=O)[O-])c2O)C(=O)N1CCOc1ccccc1Cl. The molecule has 3 aromatic carbocycles. The molecule has 1 saturated heterocycles. The number of hydrogen-bond acceptors (Lipinski definition) is 7. The minimum Gasteiger partial charge on any atom is -0.502 e. The van der Waals surface area contributed by atoms with Gasteiger partial charge in [0.25, 0.3) is 11.1 Å². The lowest BCUT2D eigenvalue weighted by Crippen LogP contribution is -2.32. The van der Waals surface area contributed by atoms with Gasteiger partial charge in [-0.25, -0.2) is 0 Å². The zero-order valence-corrected chi connectivity index (χ0v) is 19.8. The largest absolute Gasteiger partial charge is 0.502 e. The lowest BCUT2D eigenvalue weighted by Gasteiger charge is -2.13. The molecule has 1 aliphatic rings. The van der Waals surface area contributed by atoms with Crippen molar-refractivity contribution in [1.82, 2.24) is 4.90 Å². The maximum Gasteiger partial charge on any atom is 0.311 e. The Morgan fingerprint density at radius 3 is 2.49 bits per heavy atom. The van der Waals surface area contributed by atoms with E-state index in [1.165, 1.54) is 12.1 Å². The van der Waals surface area contributed by atoms with E-state index >= 15 is 0 Å². The fourth-order valence-corrected chi connectivity index (χ4v) is 4.57. The van der Waals surface area contributed by atoms with Crippen molar-refractivity contribution >= 4 is 46.3 Å². The Kier molecular flexibility index (Phi) is 7.38. The average Bonchev–Trinajstić information content (AvgIpc) is 3.10. The molecule has 0 bridgehead atoms. The van der Waals surface area contributed by atoms with Gasteiger partial charge in [-0.05, 0) is 53.6 Å². The van der Waals surface area contributed by atoms with Gasteiger partial charge in [0.1, 0.15) is 12.4 Å². The molecule has 4 rings (SSSR count). The van der Waals surface area contributed by atoms with Crippen molar-refractivity contribution in [2.75, 3.05) is 13.2 Å². The fourth-order valence-electron chi connectivity index (χ4n) is 3.53. The molecule has 1 fully saturated rings. The highest BCUT2D eigenvalue weighted by Crippen LogP contribution is 2.38. The first-order valence-corrected chi connectivity index (χ1v) is 11.7. The van der Waals surface area contributed by atoms with Gasteiger partial charge in [-0.15, -0.1) is 0 Å². The van der Waals surface area contributed by atoms with Gasteiger partial charge in [-0.2, -0.15) is 0 Å². The van der Waals surface area contributed by atoms with Crippen LogP contribution in [0.4, 0.5) is 10.5 Å².